The van der Waals surface area contributed by atoms with Crippen molar-refractivity contribution in [2.24, 2.45) is 5.73 Å². The minimum absolute atomic E-state index is 0.156. The highest BCUT2D eigenvalue weighted by molar-refractivity contribution is 5.28. The minimum Gasteiger partial charge on any atom is -0.324 e. The first kappa shape index (κ1) is 9.20. The van der Waals surface area contributed by atoms with E-state index in [2.05, 4.69) is 0 Å². The maximum Gasteiger partial charge on any atom is 0.0912 e. The van der Waals surface area contributed by atoms with Crippen LogP contribution in [0.25, 0.3) is 0 Å². The van der Waals surface area contributed by atoms with Gasteiger partial charge in [0, 0.05) is 6.04 Å². The van der Waals surface area contributed by atoms with Gasteiger partial charge in [0.1, 0.15) is 0 Å². The second-order valence-corrected chi connectivity index (χ2v) is 2.94. The van der Waals surface area contributed by atoms with Crippen molar-refractivity contribution in [3.63, 3.8) is 0 Å². The standard InChI is InChI=1S/C10H14FN/c1-8-4-2-3-5-9(8)10(12)6-7-11/h2-5,10H,6-7,12H2,1H3/t10-/m1/s1. The topological polar surface area (TPSA) is 26.0 Å². The Kier molecular flexibility index (Phi) is 3.23. The number of hydrogen-bond acceptors (Lipinski definition) is 1. The van der Waals surface area contributed by atoms with E-state index < -0.39 is 0 Å². The van der Waals surface area contributed by atoms with Crippen molar-refractivity contribution >= 4 is 0 Å². The molecule has 0 saturated heterocycles. The lowest BCUT2D eigenvalue weighted by molar-refractivity contribution is 0.441. The highest BCUT2D eigenvalue weighted by Crippen LogP contribution is 2.17. The van der Waals surface area contributed by atoms with E-state index in [4.69, 9.17) is 5.73 Å². The van der Waals surface area contributed by atoms with Crippen LogP contribution < -0.4 is 5.73 Å². The fourth-order valence-electron chi connectivity index (χ4n) is 1.28. The molecule has 0 bridgehead atoms. The van der Waals surface area contributed by atoms with Crippen molar-refractivity contribution in [1.82, 2.24) is 0 Å². The normalized spacial score (nSPS) is 12.9. The first-order valence-corrected chi connectivity index (χ1v) is 4.12. The third-order valence-corrected chi connectivity index (χ3v) is 2.01. The van der Waals surface area contributed by atoms with Crippen LogP contribution in [-0.4, -0.2) is 6.67 Å². The SMILES string of the molecule is Cc1ccccc1[C@H](N)CCF. The van der Waals surface area contributed by atoms with Gasteiger partial charge in [0.05, 0.1) is 6.67 Å². The Morgan fingerprint density at radius 1 is 1.42 bits per heavy atom. The summed E-state index contributed by atoms with van der Waals surface area (Å²) in [5.74, 6) is 0. The van der Waals surface area contributed by atoms with Gasteiger partial charge in [-0.3, -0.25) is 4.39 Å². The van der Waals surface area contributed by atoms with Crippen LogP contribution in [0.4, 0.5) is 4.39 Å². The van der Waals surface area contributed by atoms with Crippen molar-refractivity contribution < 1.29 is 4.39 Å². The quantitative estimate of drug-likeness (QED) is 0.734. The Morgan fingerprint density at radius 2 is 2.08 bits per heavy atom. The average molecular weight is 167 g/mol. The van der Waals surface area contributed by atoms with Gasteiger partial charge in [-0.2, -0.15) is 0 Å². The van der Waals surface area contributed by atoms with Crippen LogP contribution in [0.2, 0.25) is 0 Å². The van der Waals surface area contributed by atoms with E-state index >= 15 is 0 Å². The fourth-order valence-corrected chi connectivity index (χ4v) is 1.28. The first-order chi connectivity index (χ1) is 5.75. The minimum atomic E-state index is -0.352. The first-order valence-electron chi connectivity index (χ1n) is 4.12. The summed E-state index contributed by atoms with van der Waals surface area (Å²) in [4.78, 5) is 0. The molecule has 1 aromatic rings. The molecule has 1 atom stereocenters. The zero-order valence-electron chi connectivity index (χ0n) is 7.26. The van der Waals surface area contributed by atoms with Gasteiger partial charge >= 0.3 is 0 Å². The van der Waals surface area contributed by atoms with Gasteiger partial charge in [-0.25, -0.2) is 0 Å². The van der Waals surface area contributed by atoms with Crippen LogP contribution in [0.5, 0.6) is 0 Å². The molecule has 1 nitrogen and oxygen atoms in total. The largest absolute Gasteiger partial charge is 0.324 e. The molecule has 0 radical (unpaired) electrons. The maximum atomic E-state index is 12.0. The molecule has 0 aliphatic rings. The van der Waals surface area contributed by atoms with Crippen molar-refractivity contribution in [1.29, 1.82) is 0 Å². The number of nitrogens with two attached hydrogens (primary N) is 1. The molecule has 2 N–H and O–H groups in total. The molecule has 0 saturated carbocycles. The molecule has 0 heterocycles. The highest BCUT2D eigenvalue weighted by Gasteiger charge is 2.06. The van der Waals surface area contributed by atoms with E-state index in [0.29, 0.717) is 6.42 Å². The van der Waals surface area contributed by atoms with Gasteiger partial charge in [-0.1, -0.05) is 24.3 Å². The molecule has 1 rings (SSSR count). The molecule has 0 spiro atoms. The summed E-state index contributed by atoms with van der Waals surface area (Å²) < 4.78 is 12.0. The van der Waals surface area contributed by atoms with E-state index in [1.165, 1.54) is 0 Å². The Bertz CT molecular complexity index is 247. The second-order valence-electron chi connectivity index (χ2n) is 2.94. The Hall–Kier alpha value is -0.890. The van der Waals surface area contributed by atoms with Crippen LogP contribution >= 0.6 is 0 Å². The van der Waals surface area contributed by atoms with Crippen molar-refractivity contribution in [3.8, 4) is 0 Å². The van der Waals surface area contributed by atoms with Gasteiger partial charge in [0.25, 0.3) is 0 Å². The molecule has 0 aromatic heterocycles. The third-order valence-electron chi connectivity index (χ3n) is 2.01. The molecule has 2 heteroatoms. The van der Waals surface area contributed by atoms with Crippen LogP contribution in [0.3, 0.4) is 0 Å². The molecule has 1 aromatic carbocycles. The predicted octanol–water partition coefficient (Wildman–Crippen LogP) is 2.35. The van der Waals surface area contributed by atoms with E-state index in [1.54, 1.807) is 0 Å². The van der Waals surface area contributed by atoms with Crippen LogP contribution in [0.15, 0.2) is 24.3 Å². The summed E-state index contributed by atoms with van der Waals surface area (Å²) in [5, 5.41) is 0. The molecule has 12 heavy (non-hydrogen) atoms. The smallest absolute Gasteiger partial charge is 0.0912 e. The molecular formula is C10H14FN. The van der Waals surface area contributed by atoms with Gasteiger partial charge in [-0.05, 0) is 24.5 Å². The molecule has 0 unspecified atom stereocenters. The summed E-state index contributed by atoms with van der Waals surface area (Å²) >= 11 is 0. The highest BCUT2D eigenvalue weighted by atomic mass is 19.1. The van der Waals surface area contributed by atoms with E-state index in [1.807, 2.05) is 31.2 Å². The van der Waals surface area contributed by atoms with E-state index in [-0.39, 0.29) is 12.7 Å². The lowest BCUT2D eigenvalue weighted by atomic mass is 10.0. The molecular weight excluding hydrogens is 153 g/mol. The van der Waals surface area contributed by atoms with Gasteiger partial charge in [0.2, 0.25) is 0 Å². The molecule has 0 aliphatic carbocycles. The number of aryl methyl sites for hydroxylation is 1. The maximum absolute atomic E-state index is 12.0. The van der Waals surface area contributed by atoms with Crippen molar-refractivity contribution in [3.05, 3.63) is 35.4 Å². The van der Waals surface area contributed by atoms with Crippen molar-refractivity contribution in [2.45, 2.75) is 19.4 Å². The number of benzene rings is 1. The number of alkyl halides is 1. The zero-order valence-corrected chi connectivity index (χ0v) is 7.26. The van der Waals surface area contributed by atoms with E-state index in [9.17, 15) is 4.39 Å². The van der Waals surface area contributed by atoms with Crippen LogP contribution in [-0.2, 0) is 0 Å². The summed E-state index contributed by atoms with van der Waals surface area (Å²) in [5.41, 5.74) is 7.95. The average Bonchev–Trinajstić information content (AvgIpc) is 2.05. The number of hydrogen-bond donors (Lipinski definition) is 1. The lowest BCUT2D eigenvalue weighted by Gasteiger charge is -2.12. The number of rotatable bonds is 3. The molecule has 0 amide bonds. The zero-order chi connectivity index (χ0) is 8.97. The van der Waals surface area contributed by atoms with Gasteiger partial charge in [-0.15, -0.1) is 0 Å². The number of halogens is 1. The second kappa shape index (κ2) is 4.21. The third kappa shape index (κ3) is 2.05. The van der Waals surface area contributed by atoms with Gasteiger partial charge < -0.3 is 5.73 Å². The Morgan fingerprint density at radius 3 is 2.67 bits per heavy atom. The molecule has 66 valence electrons. The van der Waals surface area contributed by atoms with Crippen molar-refractivity contribution in [2.75, 3.05) is 6.67 Å². The lowest BCUT2D eigenvalue weighted by Crippen LogP contribution is -2.12. The summed E-state index contributed by atoms with van der Waals surface area (Å²) in [7, 11) is 0. The fraction of sp³-hybridized carbons (Fsp3) is 0.400. The summed E-state index contributed by atoms with van der Waals surface area (Å²) in [6.07, 6.45) is 0.408. The molecule has 0 fully saturated rings. The monoisotopic (exact) mass is 167 g/mol. The van der Waals surface area contributed by atoms with Gasteiger partial charge in [0.15, 0.2) is 0 Å². The van der Waals surface area contributed by atoms with E-state index in [0.717, 1.165) is 11.1 Å². The molecule has 0 aliphatic heterocycles. The summed E-state index contributed by atoms with van der Waals surface area (Å²) in [6.45, 7) is 1.64. The van der Waals surface area contributed by atoms with Crippen LogP contribution in [0, 0.1) is 6.92 Å². The predicted molar refractivity (Wildman–Crippen MR) is 48.7 cm³/mol. The Labute approximate surface area is 72.4 Å². The van der Waals surface area contributed by atoms with Crippen LogP contribution in [0.1, 0.15) is 23.6 Å². The summed E-state index contributed by atoms with van der Waals surface area (Å²) in [6, 6.07) is 7.68. The Balaban J connectivity index is 2.79.